The SMILES string of the molecule is CNC(Cc1ccc(F)cc1F)C1CCCCC1(C)C. The van der Waals surface area contributed by atoms with E-state index in [2.05, 4.69) is 19.2 Å². The third-order valence-electron chi connectivity index (χ3n) is 4.90. The Kier molecular flexibility index (Phi) is 4.79. The van der Waals surface area contributed by atoms with Crippen LogP contribution in [-0.4, -0.2) is 13.1 Å². The summed E-state index contributed by atoms with van der Waals surface area (Å²) in [6, 6.07) is 4.14. The quantitative estimate of drug-likeness (QED) is 0.867. The summed E-state index contributed by atoms with van der Waals surface area (Å²) >= 11 is 0. The summed E-state index contributed by atoms with van der Waals surface area (Å²) in [5, 5.41) is 3.36. The van der Waals surface area contributed by atoms with Crippen molar-refractivity contribution < 1.29 is 8.78 Å². The van der Waals surface area contributed by atoms with Crippen LogP contribution in [0.3, 0.4) is 0 Å². The van der Waals surface area contributed by atoms with Crippen molar-refractivity contribution in [3.05, 3.63) is 35.4 Å². The monoisotopic (exact) mass is 281 g/mol. The third-order valence-corrected chi connectivity index (χ3v) is 4.90. The van der Waals surface area contributed by atoms with Crippen LogP contribution in [0, 0.1) is 23.0 Å². The molecule has 1 aromatic rings. The molecule has 112 valence electrons. The standard InChI is InChI=1S/C17H25F2N/c1-17(2)9-5-4-6-14(17)16(20-3)10-12-7-8-13(18)11-15(12)19/h7-8,11,14,16,20H,4-6,9-10H2,1-3H3. The second-order valence-electron chi connectivity index (χ2n) is 6.68. The third kappa shape index (κ3) is 3.38. The lowest BCUT2D eigenvalue weighted by Crippen LogP contribution is -2.44. The van der Waals surface area contributed by atoms with E-state index in [0.29, 0.717) is 17.9 Å². The van der Waals surface area contributed by atoms with E-state index in [1.54, 1.807) is 6.07 Å². The topological polar surface area (TPSA) is 12.0 Å². The van der Waals surface area contributed by atoms with E-state index < -0.39 is 11.6 Å². The zero-order valence-electron chi connectivity index (χ0n) is 12.7. The second-order valence-corrected chi connectivity index (χ2v) is 6.68. The number of nitrogens with one attached hydrogen (secondary N) is 1. The minimum Gasteiger partial charge on any atom is -0.316 e. The summed E-state index contributed by atoms with van der Waals surface area (Å²) in [6.07, 6.45) is 5.56. The van der Waals surface area contributed by atoms with Gasteiger partial charge in [0, 0.05) is 12.1 Å². The molecule has 1 aliphatic rings. The largest absolute Gasteiger partial charge is 0.316 e. The highest BCUT2D eigenvalue weighted by molar-refractivity contribution is 5.20. The van der Waals surface area contributed by atoms with Gasteiger partial charge in [-0.15, -0.1) is 0 Å². The summed E-state index contributed by atoms with van der Waals surface area (Å²) < 4.78 is 26.8. The Bertz CT molecular complexity index is 456. The van der Waals surface area contributed by atoms with E-state index in [9.17, 15) is 8.78 Å². The van der Waals surface area contributed by atoms with E-state index in [4.69, 9.17) is 0 Å². The van der Waals surface area contributed by atoms with Crippen molar-refractivity contribution >= 4 is 0 Å². The molecule has 2 atom stereocenters. The molecule has 20 heavy (non-hydrogen) atoms. The van der Waals surface area contributed by atoms with Gasteiger partial charge in [0.1, 0.15) is 11.6 Å². The maximum Gasteiger partial charge on any atom is 0.129 e. The minimum atomic E-state index is -0.509. The first-order valence-corrected chi connectivity index (χ1v) is 7.55. The van der Waals surface area contributed by atoms with Gasteiger partial charge >= 0.3 is 0 Å². The first-order valence-electron chi connectivity index (χ1n) is 7.55. The van der Waals surface area contributed by atoms with Crippen molar-refractivity contribution in [2.24, 2.45) is 11.3 Å². The van der Waals surface area contributed by atoms with Gasteiger partial charge in [-0.05, 0) is 49.3 Å². The van der Waals surface area contributed by atoms with E-state index in [1.165, 1.54) is 31.7 Å². The Morgan fingerprint density at radius 1 is 1.30 bits per heavy atom. The number of hydrogen-bond acceptors (Lipinski definition) is 1. The molecule has 2 unspecified atom stereocenters. The van der Waals surface area contributed by atoms with Crippen molar-refractivity contribution in [1.82, 2.24) is 5.32 Å². The van der Waals surface area contributed by atoms with Crippen LogP contribution in [0.15, 0.2) is 18.2 Å². The normalized spacial score (nSPS) is 23.6. The molecule has 2 rings (SSSR count). The van der Waals surface area contributed by atoms with Gasteiger partial charge in [0.2, 0.25) is 0 Å². The van der Waals surface area contributed by atoms with Gasteiger partial charge < -0.3 is 5.32 Å². The average molecular weight is 281 g/mol. The fourth-order valence-electron chi connectivity index (χ4n) is 3.64. The number of likely N-dealkylation sites (N-methyl/N-ethyl adjacent to an activating group) is 1. The Labute approximate surface area is 120 Å². The van der Waals surface area contributed by atoms with Crippen LogP contribution in [0.5, 0.6) is 0 Å². The lowest BCUT2D eigenvalue weighted by Gasteiger charge is -2.43. The maximum atomic E-state index is 13.8. The molecule has 1 aromatic carbocycles. The Morgan fingerprint density at radius 3 is 2.65 bits per heavy atom. The molecule has 0 aliphatic heterocycles. The van der Waals surface area contributed by atoms with Crippen LogP contribution >= 0.6 is 0 Å². The van der Waals surface area contributed by atoms with Gasteiger partial charge in [-0.3, -0.25) is 0 Å². The number of halogens is 2. The van der Waals surface area contributed by atoms with Crippen LogP contribution in [-0.2, 0) is 6.42 Å². The molecule has 0 heterocycles. The highest BCUT2D eigenvalue weighted by Crippen LogP contribution is 2.43. The molecule has 1 fully saturated rings. The first kappa shape index (κ1) is 15.4. The summed E-state index contributed by atoms with van der Waals surface area (Å²) in [4.78, 5) is 0. The van der Waals surface area contributed by atoms with Crippen molar-refractivity contribution in [3.8, 4) is 0 Å². The molecule has 1 nitrogen and oxygen atoms in total. The Morgan fingerprint density at radius 2 is 2.05 bits per heavy atom. The summed E-state index contributed by atoms with van der Waals surface area (Å²) in [6.45, 7) is 4.62. The van der Waals surface area contributed by atoms with Gasteiger partial charge in [0.15, 0.2) is 0 Å². The van der Waals surface area contributed by atoms with E-state index in [1.807, 2.05) is 7.05 Å². The van der Waals surface area contributed by atoms with Crippen LogP contribution in [0.2, 0.25) is 0 Å². The number of rotatable bonds is 4. The molecule has 0 spiro atoms. The molecule has 0 bridgehead atoms. The second kappa shape index (κ2) is 6.21. The van der Waals surface area contributed by atoms with Crippen LogP contribution < -0.4 is 5.32 Å². The smallest absolute Gasteiger partial charge is 0.129 e. The van der Waals surface area contributed by atoms with Crippen molar-refractivity contribution in [3.63, 3.8) is 0 Å². The summed E-state index contributed by atoms with van der Waals surface area (Å²) in [5.41, 5.74) is 0.884. The van der Waals surface area contributed by atoms with Crippen LogP contribution in [0.4, 0.5) is 8.78 Å². The zero-order valence-corrected chi connectivity index (χ0v) is 12.7. The summed E-state index contributed by atoms with van der Waals surface area (Å²) in [5.74, 6) is -0.408. The van der Waals surface area contributed by atoms with E-state index >= 15 is 0 Å². The van der Waals surface area contributed by atoms with Crippen LogP contribution in [0.25, 0.3) is 0 Å². The maximum absolute atomic E-state index is 13.8. The lowest BCUT2D eigenvalue weighted by molar-refractivity contribution is 0.101. The molecule has 0 radical (unpaired) electrons. The zero-order chi connectivity index (χ0) is 14.8. The fourth-order valence-corrected chi connectivity index (χ4v) is 3.64. The van der Waals surface area contributed by atoms with Gasteiger partial charge in [-0.2, -0.15) is 0 Å². The molecule has 1 aliphatic carbocycles. The summed E-state index contributed by atoms with van der Waals surface area (Å²) in [7, 11) is 1.94. The first-order chi connectivity index (χ1) is 9.44. The molecule has 0 saturated heterocycles. The highest BCUT2D eigenvalue weighted by atomic mass is 19.1. The molecule has 1 saturated carbocycles. The number of hydrogen-bond donors (Lipinski definition) is 1. The van der Waals surface area contributed by atoms with Crippen molar-refractivity contribution in [2.45, 2.75) is 52.0 Å². The van der Waals surface area contributed by atoms with Crippen LogP contribution in [0.1, 0.15) is 45.1 Å². The lowest BCUT2D eigenvalue weighted by atomic mass is 9.65. The van der Waals surface area contributed by atoms with Crippen molar-refractivity contribution in [2.75, 3.05) is 7.05 Å². The molecule has 3 heteroatoms. The van der Waals surface area contributed by atoms with Gasteiger partial charge in [0.05, 0.1) is 0 Å². The highest BCUT2D eigenvalue weighted by Gasteiger charge is 2.37. The number of benzene rings is 1. The molecule has 0 amide bonds. The van der Waals surface area contributed by atoms with Crippen molar-refractivity contribution in [1.29, 1.82) is 0 Å². The van der Waals surface area contributed by atoms with E-state index in [-0.39, 0.29) is 11.5 Å². The van der Waals surface area contributed by atoms with Gasteiger partial charge in [0.25, 0.3) is 0 Å². The molecule has 1 N–H and O–H groups in total. The minimum absolute atomic E-state index is 0.241. The predicted molar refractivity (Wildman–Crippen MR) is 78.6 cm³/mol. The Balaban J connectivity index is 2.15. The molecular weight excluding hydrogens is 256 g/mol. The fraction of sp³-hybridized carbons (Fsp3) is 0.647. The van der Waals surface area contributed by atoms with E-state index in [0.717, 1.165) is 6.07 Å². The Hall–Kier alpha value is -0.960. The molecule has 0 aromatic heterocycles. The predicted octanol–water partition coefficient (Wildman–Crippen LogP) is 4.31. The van der Waals surface area contributed by atoms with Gasteiger partial charge in [-0.25, -0.2) is 8.78 Å². The van der Waals surface area contributed by atoms with Gasteiger partial charge in [-0.1, -0.05) is 32.8 Å². The average Bonchev–Trinajstić information content (AvgIpc) is 2.38. The molecular formula is C17H25F2N.